The minimum atomic E-state index is -0.898. The molecule has 0 bridgehead atoms. The average molecular weight is 425 g/mol. The quantitative estimate of drug-likeness (QED) is 0.648. The topological polar surface area (TPSA) is 105 Å². The summed E-state index contributed by atoms with van der Waals surface area (Å²) in [6.07, 6.45) is 3.45. The number of nitrogens with zero attached hydrogens (tertiary/aromatic N) is 8. The third kappa shape index (κ3) is 4.05. The summed E-state index contributed by atoms with van der Waals surface area (Å²) in [5, 5.41) is 15.4. The second-order valence-electron chi connectivity index (χ2n) is 8.20. The summed E-state index contributed by atoms with van der Waals surface area (Å²) in [6, 6.07) is 2.06. The van der Waals surface area contributed by atoms with Crippen molar-refractivity contribution >= 4 is 17.3 Å². The number of rotatable bonds is 5. The molecule has 164 valence electrons. The van der Waals surface area contributed by atoms with E-state index in [1.807, 2.05) is 13.8 Å². The Morgan fingerprint density at radius 3 is 2.35 bits per heavy atom. The van der Waals surface area contributed by atoms with Gasteiger partial charge in [0.05, 0.1) is 24.6 Å². The molecule has 2 aliphatic rings. The number of fused-ring (bicyclic) bond motifs is 1. The minimum Gasteiger partial charge on any atom is -0.385 e. The van der Waals surface area contributed by atoms with Crippen molar-refractivity contribution in [3.63, 3.8) is 0 Å². The van der Waals surface area contributed by atoms with Crippen LogP contribution in [-0.2, 0) is 11.2 Å². The summed E-state index contributed by atoms with van der Waals surface area (Å²) in [6.45, 7) is 8.80. The summed E-state index contributed by atoms with van der Waals surface area (Å²) in [5.41, 5.74) is 2.31. The Hall–Kier alpha value is -2.85. The first-order chi connectivity index (χ1) is 15.1. The Labute approximate surface area is 180 Å². The molecule has 0 spiro atoms. The maximum atomic E-state index is 10.9. The van der Waals surface area contributed by atoms with Crippen LogP contribution in [0.3, 0.4) is 0 Å². The number of morpholine rings is 1. The van der Waals surface area contributed by atoms with Gasteiger partial charge in [0.25, 0.3) is 0 Å². The fourth-order valence-electron chi connectivity index (χ4n) is 4.14. The van der Waals surface area contributed by atoms with Gasteiger partial charge in [0.1, 0.15) is 23.6 Å². The molecule has 5 rings (SSSR count). The number of hydrogen-bond donors (Lipinski definition) is 1. The number of aryl methyl sites for hydroxylation is 2. The Bertz CT molecular complexity index is 1030. The predicted octanol–water partition coefficient (Wildman–Crippen LogP) is 1.24. The highest BCUT2D eigenvalue weighted by Gasteiger charge is 2.23. The second kappa shape index (κ2) is 8.35. The Morgan fingerprint density at radius 1 is 1.00 bits per heavy atom. The SMILES string of the molecule is Cc1ncc(C)n2nc(C(O)Cc3nc(N4CCCC4)cc(N4CCOCC4)n3)nc12. The lowest BCUT2D eigenvalue weighted by Crippen LogP contribution is -2.37. The van der Waals surface area contributed by atoms with Crippen LogP contribution in [-0.4, -0.2) is 74.0 Å². The molecule has 2 aliphatic heterocycles. The van der Waals surface area contributed by atoms with Crippen molar-refractivity contribution in [2.75, 3.05) is 49.2 Å². The van der Waals surface area contributed by atoms with Crippen LogP contribution >= 0.6 is 0 Å². The number of aromatic nitrogens is 6. The summed E-state index contributed by atoms with van der Waals surface area (Å²) in [5.74, 6) is 2.78. The molecule has 0 amide bonds. The van der Waals surface area contributed by atoms with E-state index in [9.17, 15) is 5.11 Å². The molecular formula is C21H28N8O2. The molecule has 2 saturated heterocycles. The number of ether oxygens (including phenoxy) is 1. The Kier molecular flexibility index (Phi) is 5.41. The van der Waals surface area contributed by atoms with E-state index in [4.69, 9.17) is 14.7 Å². The molecule has 0 aromatic carbocycles. The van der Waals surface area contributed by atoms with E-state index in [-0.39, 0.29) is 6.42 Å². The maximum Gasteiger partial charge on any atom is 0.180 e. The molecule has 2 fully saturated rings. The smallest absolute Gasteiger partial charge is 0.180 e. The fourth-order valence-corrected chi connectivity index (χ4v) is 4.14. The highest BCUT2D eigenvalue weighted by Crippen LogP contribution is 2.25. The lowest BCUT2D eigenvalue weighted by molar-refractivity contribution is 0.122. The van der Waals surface area contributed by atoms with Crippen molar-refractivity contribution in [2.24, 2.45) is 0 Å². The summed E-state index contributed by atoms with van der Waals surface area (Å²) in [7, 11) is 0. The molecule has 0 aliphatic carbocycles. The molecule has 5 heterocycles. The largest absolute Gasteiger partial charge is 0.385 e. The maximum absolute atomic E-state index is 10.9. The van der Waals surface area contributed by atoms with Gasteiger partial charge < -0.3 is 19.6 Å². The minimum absolute atomic E-state index is 0.251. The first-order valence-corrected chi connectivity index (χ1v) is 10.9. The molecule has 3 aromatic heterocycles. The van der Waals surface area contributed by atoms with Crippen LogP contribution in [0.2, 0.25) is 0 Å². The number of aliphatic hydroxyl groups excluding tert-OH is 1. The van der Waals surface area contributed by atoms with Crippen LogP contribution in [0.25, 0.3) is 5.65 Å². The van der Waals surface area contributed by atoms with Crippen molar-refractivity contribution in [3.05, 3.63) is 35.3 Å². The zero-order valence-electron chi connectivity index (χ0n) is 18.0. The third-order valence-electron chi connectivity index (χ3n) is 5.91. The molecule has 10 nitrogen and oxygen atoms in total. The summed E-state index contributed by atoms with van der Waals surface area (Å²) >= 11 is 0. The zero-order chi connectivity index (χ0) is 21.4. The molecule has 31 heavy (non-hydrogen) atoms. The van der Waals surface area contributed by atoms with Gasteiger partial charge in [-0.2, -0.15) is 0 Å². The van der Waals surface area contributed by atoms with Crippen LogP contribution in [0, 0.1) is 13.8 Å². The van der Waals surface area contributed by atoms with Gasteiger partial charge in [0.15, 0.2) is 11.5 Å². The molecule has 10 heteroatoms. The van der Waals surface area contributed by atoms with E-state index in [0.717, 1.165) is 49.2 Å². The van der Waals surface area contributed by atoms with Crippen molar-refractivity contribution < 1.29 is 9.84 Å². The average Bonchev–Trinajstić information content (AvgIpc) is 3.48. The lowest BCUT2D eigenvalue weighted by Gasteiger charge is -2.29. The van der Waals surface area contributed by atoms with Gasteiger partial charge in [-0.25, -0.2) is 19.5 Å². The molecule has 3 aromatic rings. The van der Waals surface area contributed by atoms with Crippen molar-refractivity contribution in [1.82, 2.24) is 29.5 Å². The van der Waals surface area contributed by atoms with Gasteiger partial charge >= 0.3 is 0 Å². The van der Waals surface area contributed by atoms with E-state index in [1.165, 1.54) is 12.8 Å². The molecular weight excluding hydrogens is 396 g/mol. The van der Waals surface area contributed by atoms with Gasteiger partial charge in [0.2, 0.25) is 0 Å². The van der Waals surface area contributed by atoms with Gasteiger partial charge in [-0.05, 0) is 26.7 Å². The van der Waals surface area contributed by atoms with Gasteiger partial charge in [-0.3, -0.25) is 4.98 Å². The van der Waals surface area contributed by atoms with E-state index in [0.29, 0.717) is 30.5 Å². The summed E-state index contributed by atoms with van der Waals surface area (Å²) < 4.78 is 7.22. The van der Waals surface area contributed by atoms with Crippen molar-refractivity contribution in [1.29, 1.82) is 0 Å². The third-order valence-corrected chi connectivity index (χ3v) is 5.91. The second-order valence-corrected chi connectivity index (χ2v) is 8.20. The molecule has 0 radical (unpaired) electrons. The van der Waals surface area contributed by atoms with Crippen LogP contribution in [0.15, 0.2) is 12.3 Å². The van der Waals surface area contributed by atoms with Crippen LogP contribution in [0.5, 0.6) is 0 Å². The standard InChI is InChI=1S/C21H28N8O2/c1-14-13-22-15(2)21-25-20(26-29(14)21)16(30)11-17-23-18(27-5-3-4-6-27)12-19(24-17)28-7-9-31-10-8-28/h12-13,16,30H,3-11H2,1-2H3. The van der Waals surface area contributed by atoms with Crippen LogP contribution < -0.4 is 9.80 Å². The normalized spacial score (nSPS) is 18.2. The van der Waals surface area contributed by atoms with Gasteiger partial charge in [-0.15, -0.1) is 5.10 Å². The molecule has 1 unspecified atom stereocenters. The monoisotopic (exact) mass is 424 g/mol. The molecule has 1 N–H and O–H groups in total. The zero-order valence-corrected chi connectivity index (χ0v) is 18.0. The van der Waals surface area contributed by atoms with Crippen LogP contribution in [0.1, 0.15) is 42.0 Å². The first-order valence-electron chi connectivity index (χ1n) is 10.9. The van der Waals surface area contributed by atoms with E-state index >= 15 is 0 Å². The highest BCUT2D eigenvalue weighted by atomic mass is 16.5. The predicted molar refractivity (Wildman–Crippen MR) is 115 cm³/mol. The number of hydrogen-bond acceptors (Lipinski definition) is 9. The molecule has 0 saturated carbocycles. The van der Waals surface area contributed by atoms with E-state index < -0.39 is 6.10 Å². The Balaban J connectivity index is 1.45. The first kappa shape index (κ1) is 20.1. The van der Waals surface area contributed by atoms with Crippen LogP contribution in [0.4, 0.5) is 11.6 Å². The fraction of sp³-hybridized carbons (Fsp3) is 0.571. The highest BCUT2D eigenvalue weighted by molar-refractivity contribution is 5.52. The van der Waals surface area contributed by atoms with E-state index in [1.54, 1.807) is 10.7 Å². The van der Waals surface area contributed by atoms with Gasteiger partial charge in [-0.1, -0.05) is 0 Å². The lowest BCUT2D eigenvalue weighted by atomic mass is 10.2. The van der Waals surface area contributed by atoms with Crippen molar-refractivity contribution in [2.45, 2.75) is 39.2 Å². The number of aliphatic hydroxyl groups is 1. The van der Waals surface area contributed by atoms with Gasteiger partial charge in [0, 0.05) is 44.9 Å². The molecule has 1 atom stereocenters. The Morgan fingerprint density at radius 2 is 1.68 bits per heavy atom. The number of anilines is 2. The van der Waals surface area contributed by atoms with Crippen molar-refractivity contribution in [3.8, 4) is 0 Å². The van der Waals surface area contributed by atoms with E-state index in [2.05, 4.69) is 30.9 Å². The summed E-state index contributed by atoms with van der Waals surface area (Å²) in [4.78, 5) is 22.9.